The van der Waals surface area contributed by atoms with Crippen LogP contribution in [-0.4, -0.2) is 86.6 Å². The Morgan fingerprint density at radius 1 is 0.926 bits per heavy atom. The largest absolute Gasteiger partial charge is 0.453 e. The number of methoxy groups -OCH3 is 2. The molecule has 54 heavy (non-hydrogen) atoms. The molecule has 8 rings (SSSR count). The summed E-state index contributed by atoms with van der Waals surface area (Å²) < 4.78 is 10.2. The maximum absolute atomic E-state index is 14.0. The first-order valence-electron chi connectivity index (χ1n) is 19.2. The summed E-state index contributed by atoms with van der Waals surface area (Å²) in [5.41, 5.74) is 5.97. The molecular weight excluding hydrogens is 683 g/mol. The van der Waals surface area contributed by atoms with E-state index in [-0.39, 0.29) is 42.0 Å². The highest BCUT2D eigenvalue weighted by molar-refractivity contribution is 6.05. The lowest BCUT2D eigenvalue weighted by Crippen LogP contribution is -2.54. The molecule has 1 saturated carbocycles. The zero-order chi connectivity index (χ0) is 37.7. The quantitative estimate of drug-likeness (QED) is 0.137. The molecule has 6 atom stereocenters. The van der Waals surface area contributed by atoms with Crippen molar-refractivity contribution in [3.05, 3.63) is 72.4 Å². The highest BCUT2D eigenvalue weighted by atomic mass is 16.5. The minimum atomic E-state index is -0.677. The molecule has 5 aromatic rings. The van der Waals surface area contributed by atoms with Crippen molar-refractivity contribution in [2.45, 2.75) is 89.6 Å². The zero-order valence-electron chi connectivity index (χ0n) is 31.6. The molecule has 0 spiro atoms. The van der Waals surface area contributed by atoms with Crippen LogP contribution in [-0.2, 0) is 19.1 Å². The van der Waals surface area contributed by atoms with E-state index in [1.165, 1.54) is 7.11 Å². The van der Waals surface area contributed by atoms with Crippen molar-refractivity contribution in [3.63, 3.8) is 0 Å². The minimum Gasteiger partial charge on any atom is -0.453 e. The molecule has 2 aliphatic heterocycles. The SMILES string of the molecule is COC(=O)N[C@H](C(=O)N1[C@@H]2CC[C@@H](C2)[C@H]1c1nc2c(ccc3cc(-c4ccc(-c5cnc([C@@H]6CCCN6C(=O)C[C@@H](C)OC)[nH]5)cc4)ccc32)[nH]1)C(C)C. The summed E-state index contributed by atoms with van der Waals surface area (Å²) in [6.45, 7) is 6.53. The molecule has 3 aromatic carbocycles. The average Bonchev–Trinajstić information content (AvgIpc) is 4.04. The summed E-state index contributed by atoms with van der Waals surface area (Å²) in [6, 6.07) is 18.3. The number of carbonyl (C=O) groups is 3. The van der Waals surface area contributed by atoms with Gasteiger partial charge in [-0.1, -0.05) is 56.3 Å². The van der Waals surface area contributed by atoms with Crippen LogP contribution in [0.5, 0.6) is 0 Å². The topological polar surface area (TPSA) is 146 Å². The Bertz CT molecular complexity index is 2190. The van der Waals surface area contributed by atoms with Gasteiger partial charge in [-0.05, 0) is 85.1 Å². The van der Waals surface area contributed by atoms with E-state index < -0.39 is 12.1 Å². The van der Waals surface area contributed by atoms with Crippen LogP contribution < -0.4 is 5.32 Å². The van der Waals surface area contributed by atoms with Crippen molar-refractivity contribution in [1.82, 2.24) is 35.1 Å². The fourth-order valence-corrected chi connectivity index (χ4v) is 8.95. The molecule has 3 amide bonds. The number of nitrogens with zero attached hydrogens (tertiary/aromatic N) is 4. The van der Waals surface area contributed by atoms with E-state index in [9.17, 15) is 14.4 Å². The van der Waals surface area contributed by atoms with Crippen LogP contribution in [0.1, 0.15) is 83.0 Å². The van der Waals surface area contributed by atoms with E-state index in [2.05, 4.69) is 69.9 Å². The number of benzene rings is 3. The molecule has 282 valence electrons. The van der Waals surface area contributed by atoms with Crippen molar-refractivity contribution in [2.75, 3.05) is 20.8 Å². The lowest BCUT2D eigenvalue weighted by molar-refractivity contribution is -0.139. The number of ether oxygens (including phenoxy) is 2. The van der Waals surface area contributed by atoms with Gasteiger partial charge in [0.2, 0.25) is 11.8 Å². The second-order valence-electron chi connectivity index (χ2n) is 15.5. The summed E-state index contributed by atoms with van der Waals surface area (Å²) in [4.78, 5) is 60.0. The second kappa shape index (κ2) is 14.5. The number of carbonyl (C=O) groups excluding carboxylic acids is 3. The van der Waals surface area contributed by atoms with Crippen LogP contribution >= 0.6 is 0 Å². The van der Waals surface area contributed by atoms with Gasteiger partial charge in [-0.3, -0.25) is 9.59 Å². The van der Waals surface area contributed by atoms with Gasteiger partial charge in [-0.2, -0.15) is 0 Å². The van der Waals surface area contributed by atoms with E-state index in [0.29, 0.717) is 12.3 Å². The number of rotatable bonds is 10. The number of hydrogen-bond acceptors (Lipinski definition) is 7. The second-order valence-corrected chi connectivity index (χ2v) is 15.5. The van der Waals surface area contributed by atoms with Gasteiger partial charge in [0, 0.05) is 25.1 Å². The summed E-state index contributed by atoms with van der Waals surface area (Å²) in [7, 11) is 2.95. The molecule has 3 N–H and O–H groups in total. The molecular formula is C42H49N7O5. The van der Waals surface area contributed by atoms with Crippen LogP contribution in [0.3, 0.4) is 0 Å². The van der Waals surface area contributed by atoms with Crippen LogP contribution in [0.15, 0.2) is 60.8 Å². The lowest BCUT2D eigenvalue weighted by atomic mass is 9.95. The maximum atomic E-state index is 14.0. The average molecular weight is 732 g/mol. The Balaban J connectivity index is 1.01. The summed E-state index contributed by atoms with van der Waals surface area (Å²) in [6.07, 6.45) is 6.30. The molecule has 3 aliphatic rings. The van der Waals surface area contributed by atoms with E-state index in [0.717, 1.165) is 94.5 Å². The summed E-state index contributed by atoms with van der Waals surface area (Å²) in [5.74, 6) is 1.86. The van der Waals surface area contributed by atoms with Gasteiger partial charge >= 0.3 is 6.09 Å². The number of amides is 3. The number of alkyl carbamates (subject to hydrolysis) is 1. The molecule has 4 heterocycles. The fourth-order valence-electron chi connectivity index (χ4n) is 8.95. The number of fused-ring (bicyclic) bond motifs is 5. The van der Waals surface area contributed by atoms with Crippen LogP contribution in [0.25, 0.3) is 44.2 Å². The maximum Gasteiger partial charge on any atom is 0.407 e. The Hall–Kier alpha value is -5.23. The van der Waals surface area contributed by atoms with Gasteiger partial charge in [0.1, 0.15) is 17.7 Å². The molecule has 2 bridgehead atoms. The standard InChI is InChI=1S/C42H49N7O5/c1-23(2)36(47-42(52)54-5)41(51)49-30-15-12-29(21-30)38(49)40-44-32-17-14-28-20-27(13-16-31(28)37(32)46-40)25-8-10-26(11-9-25)33-22-43-39(45-33)34-7-6-18-48(34)35(50)19-24(3)53-4/h8-11,13-14,16-17,20,22-24,29-30,34,36,38H,6-7,12,15,18-19,21H2,1-5H3,(H,43,45)(H,44,46)(H,47,52)/t24-,29+,30-,34+,36+,38+/m1/s1. The first-order valence-corrected chi connectivity index (χ1v) is 19.2. The molecule has 0 radical (unpaired) electrons. The highest BCUT2D eigenvalue weighted by Crippen LogP contribution is 2.50. The van der Waals surface area contributed by atoms with Crippen molar-refractivity contribution < 1.29 is 23.9 Å². The van der Waals surface area contributed by atoms with Gasteiger partial charge in [0.05, 0.1) is 54.6 Å². The molecule has 2 saturated heterocycles. The molecule has 12 heteroatoms. The predicted octanol–water partition coefficient (Wildman–Crippen LogP) is 7.29. The van der Waals surface area contributed by atoms with Crippen molar-refractivity contribution in [3.8, 4) is 22.4 Å². The van der Waals surface area contributed by atoms with E-state index >= 15 is 0 Å². The first kappa shape index (κ1) is 35.8. The van der Waals surface area contributed by atoms with Crippen LogP contribution in [0.2, 0.25) is 0 Å². The number of aromatic amines is 2. The smallest absolute Gasteiger partial charge is 0.407 e. The number of aromatic nitrogens is 4. The number of H-pyrrole nitrogens is 2. The summed E-state index contributed by atoms with van der Waals surface area (Å²) >= 11 is 0. The van der Waals surface area contributed by atoms with E-state index in [4.69, 9.17) is 19.4 Å². The molecule has 2 aromatic heterocycles. The zero-order valence-corrected chi connectivity index (χ0v) is 31.6. The Labute approximate surface area is 315 Å². The predicted molar refractivity (Wildman–Crippen MR) is 206 cm³/mol. The number of likely N-dealkylation sites (tertiary alicyclic amines) is 2. The van der Waals surface area contributed by atoms with Gasteiger partial charge in [-0.25, -0.2) is 14.8 Å². The molecule has 0 unspecified atom stereocenters. The monoisotopic (exact) mass is 731 g/mol. The first-order chi connectivity index (χ1) is 26.1. The Morgan fingerprint density at radius 3 is 2.46 bits per heavy atom. The number of piperidine rings is 1. The van der Waals surface area contributed by atoms with Crippen LogP contribution in [0.4, 0.5) is 4.79 Å². The normalized spacial score (nSPS) is 22.0. The van der Waals surface area contributed by atoms with Gasteiger partial charge in [-0.15, -0.1) is 0 Å². The van der Waals surface area contributed by atoms with Crippen molar-refractivity contribution in [2.24, 2.45) is 11.8 Å². The lowest BCUT2D eigenvalue weighted by Gasteiger charge is -2.37. The minimum absolute atomic E-state index is 0.0495. The van der Waals surface area contributed by atoms with Crippen molar-refractivity contribution in [1.29, 1.82) is 0 Å². The fraction of sp³-hybridized carbons (Fsp3) is 0.452. The molecule has 1 aliphatic carbocycles. The van der Waals surface area contributed by atoms with E-state index in [1.54, 1.807) is 7.11 Å². The highest BCUT2D eigenvalue weighted by Gasteiger charge is 2.51. The number of hydrogen-bond donors (Lipinski definition) is 3. The molecule has 3 fully saturated rings. The van der Waals surface area contributed by atoms with Gasteiger partial charge in [0.15, 0.2) is 0 Å². The number of imidazole rings is 2. The van der Waals surface area contributed by atoms with Crippen LogP contribution in [0, 0.1) is 11.8 Å². The van der Waals surface area contributed by atoms with Crippen molar-refractivity contribution >= 4 is 39.7 Å². The third kappa shape index (κ3) is 6.50. The third-order valence-corrected chi connectivity index (χ3v) is 11.9. The Morgan fingerprint density at radius 2 is 1.70 bits per heavy atom. The number of nitrogens with one attached hydrogen (secondary N) is 3. The Kier molecular flexibility index (Phi) is 9.64. The van der Waals surface area contributed by atoms with Gasteiger partial charge < -0.3 is 34.6 Å². The van der Waals surface area contributed by atoms with Gasteiger partial charge in [0.25, 0.3) is 0 Å². The molecule has 12 nitrogen and oxygen atoms in total. The third-order valence-electron chi connectivity index (χ3n) is 11.9. The van der Waals surface area contributed by atoms with E-state index in [1.807, 2.05) is 36.8 Å². The summed E-state index contributed by atoms with van der Waals surface area (Å²) in [5, 5.41) is 4.90.